The highest BCUT2D eigenvalue weighted by molar-refractivity contribution is 5.94. The molecule has 2 aliphatic heterocycles. The van der Waals surface area contributed by atoms with Crippen molar-refractivity contribution < 1.29 is 23.6 Å². The zero-order chi connectivity index (χ0) is 21.1. The first-order chi connectivity index (χ1) is 14.5. The van der Waals surface area contributed by atoms with E-state index in [0.717, 1.165) is 29.9 Å². The fourth-order valence-corrected chi connectivity index (χ4v) is 3.85. The van der Waals surface area contributed by atoms with Crippen LogP contribution in [0.2, 0.25) is 0 Å². The number of aryl methyl sites for hydroxylation is 2. The molecular formula is C22H27N3O5. The molecule has 1 atom stereocenters. The summed E-state index contributed by atoms with van der Waals surface area (Å²) in [5.41, 5.74) is 2.36. The predicted octanol–water partition coefficient (Wildman–Crippen LogP) is 2.33. The zero-order valence-electron chi connectivity index (χ0n) is 17.4. The standard InChI is InChI=1S/C22H27N3O5/c1-15-19(16(2)30-23-15)14-29-18-7-5-17(6-8-18)21(26)24-9-11-25(12-10-24)22(27)20-4-3-13-28-20/h5-8,20H,3-4,9-14H2,1-2H3. The third kappa shape index (κ3) is 4.33. The maximum atomic E-state index is 12.8. The molecule has 3 heterocycles. The predicted molar refractivity (Wildman–Crippen MR) is 108 cm³/mol. The van der Waals surface area contributed by atoms with Gasteiger partial charge >= 0.3 is 0 Å². The average Bonchev–Trinajstić information content (AvgIpc) is 3.42. The number of rotatable bonds is 5. The molecule has 2 saturated heterocycles. The number of carbonyl (C=O) groups excluding carboxylic acids is 2. The minimum absolute atomic E-state index is 0.0310. The van der Waals surface area contributed by atoms with Gasteiger partial charge in [-0.2, -0.15) is 0 Å². The molecular weight excluding hydrogens is 386 g/mol. The first-order valence-electron chi connectivity index (χ1n) is 10.4. The molecule has 2 aliphatic rings. The number of piperazine rings is 1. The van der Waals surface area contributed by atoms with Crippen LogP contribution in [0.5, 0.6) is 5.75 Å². The molecule has 8 heteroatoms. The lowest BCUT2D eigenvalue weighted by Crippen LogP contribution is -2.52. The van der Waals surface area contributed by atoms with Gasteiger partial charge in [0.2, 0.25) is 0 Å². The normalized spacial score (nSPS) is 19.2. The van der Waals surface area contributed by atoms with Crippen LogP contribution in [0.4, 0.5) is 0 Å². The van der Waals surface area contributed by atoms with Gasteiger partial charge in [0.05, 0.1) is 11.3 Å². The van der Waals surface area contributed by atoms with E-state index in [0.29, 0.717) is 50.7 Å². The van der Waals surface area contributed by atoms with Gasteiger partial charge in [-0.1, -0.05) is 5.16 Å². The van der Waals surface area contributed by atoms with E-state index in [9.17, 15) is 9.59 Å². The number of amides is 2. The van der Waals surface area contributed by atoms with E-state index < -0.39 is 0 Å². The van der Waals surface area contributed by atoms with E-state index in [1.54, 1.807) is 29.2 Å². The SMILES string of the molecule is Cc1noc(C)c1COc1ccc(C(=O)N2CCN(C(=O)C3CCCO3)CC2)cc1. The first kappa shape index (κ1) is 20.4. The maximum absolute atomic E-state index is 12.8. The average molecular weight is 413 g/mol. The minimum Gasteiger partial charge on any atom is -0.489 e. The van der Waals surface area contributed by atoms with E-state index in [4.69, 9.17) is 14.0 Å². The number of aromatic nitrogens is 1. The summed E-state index contributed by atoms with van der Waals surface area (Å²) in [6.45, 7) is 6.91. The molecule has 0 N–H and O–H groups in total. The Bertz CT molecular complexity index is 874. The lowest BCUT2D eigenvalue weighted by molar-refractivity contribution is -0.142. The summed E-state index contributed by atoms with van der Waals surface area (Å²) in [5.74, 6) is 1.45. The van der Waals surface area contributed by atoms with Crippen LogP contribution in [0, 0.1) is 13.8 Å². The van der Waals surface area contributed by atoms with Crippen LogP contribution in [-0.2, 0) is 16.1 Å². The van der Waals surface area contributed by atoms with Gasteiger partial charge in [0.25, 0.3) is 11.8 Å². The molecule has 1 unspecified atom stereocenters. The Morgan fingerprint density at radius 3 is 2.40 bits per heavy atom. The van der Waals surface area contributed by atoms with Crippen molar-refractivity contribution in [3.05, 3.63) is 46.8 Å². The van der Waals surface area contributed by atoms with E-state index in [2.05, 4.69) is 5.16 Å². The Morgan fingerprint density at radius 1 is 1.10 bits per heavy atom. The molecule has 8 nitrogen and oxygen atoms in total. The van der Waals surface area contributed by atoms with Crippen molar-refractivity contribution in [3.8, 4) is 5.75 Å². The first-order valence-corrected chi connectivity index (χ1v) is 10.4. The molecule has 0 bridgehead atoms. The van der Waals surface area contributed by atoms with Crippen LogP contribution in [0.15, 0.2) is 28.8 Å². The largest absolute Gasteiger partial charge is 0.489 e. The summed E-state index contributed by atoms with van der Waals surface area (Å²) in [6, 6.07) is 7.13. The van der Waals surface area contributed by atoms with Crippen molar-refractivity contribution in [2.24, 2.45) is 0 Å². The third-order valence-corrected chi connectivity index (χ3v) is 5.75. The molecule has 2 amide bonds. The van der Waals surface area contributed by atoms with E-state index in [-0.39, 0.29) is 17.9 Å². The summed E-state index contributed by atoms with van der Waals surface area (Å²) in [4.78, 5) is 28.9. The van der Waals surface area contributed by atoms with Crippen molar-refractivity contribution >= 4 is 11.8 Å². The summed E-state index contributed by atoms with van der Waals surface area (Å²) >= 11 is 0. The Balaban J connectivity index is 1.29. The number of hydrogen-bond donors (Lipinski definition) is 0. The van der Waals surface area contributed by atoms with Crippen LogP contribution in [0.25, 0.3) is 0 Å². The van der Waals surface area contributed by atoms with Crippen molar-refractivity contribution in [2.45, 2.75) is 39.4 Å². The molecule has 1 aromatic heterocycles. The van der Waals surface area contributed by atoms with Crippen molar-refractivity contribution in [1.82, 2.24) is 15.0 Å². The van der Waals surface area contributed by atoms with Gasteiger partial charge in [-0.25, -0.2) is 0 Å². The van der Waals surface area contributed by atoms with Crippen molar-refractivity contribution in [1.29, 1.82) is 0 Å². The smallest absolute Gasteiger partial charge is 0.253 e. The fourth-order valence-electron chi connectivity index (χ4n) is 3.85. The molecule has 1 aromatic carbocycles. The Kier molecular flexibility index (Phi) is 6.03. The molecule has 30 heavy (non-hydrogen) atoms. The summed E-state index contributed by atoms with van der Waals surface area (Å²) < 4.78 is 16.4. The lowest BCUT2D eigenvalue weighted by atomic mass is 10.1. The Labute approximate surface area is 175 Å². The van der Waals surface area contributed by atoms with Gasteiger partial charge in [-0.3, -0.25) is 9.59 Å². The molecule has 2 aromatic rings. The monoisotopic (exact) mass is 413 g/mol. The van der Waals surface area contributed by atoms with E-state index >= 15 is 0 Å². The Morgan fingerprint density at radius 2 is 1.80 bits per heavy atom. The van der Waals surface area contributed by atoms with Crippen LogP contribution in [-0.4, -0.2) is 65.7 Å². The lowest BCUT2D eigenvalue weighted by Gasteiger charge is -2.35. The second-order valence-corrected chi connectivity index (χ2v) is 7.73. The highest BCUT2D eigenvalue weighted by Gasteiger charge is 2.31. The molecule has 0 saturated carbocycles. The topological polar surface area (TPSA) is 85.1 Å². The second-order valence-electron chi connectivity index (χ2n) is 7.73. The minimum atomic E-state index is -0.301. The number of nitrogens with zero attached hydrogens (tertiary/aromatic N) is 3. The van der Waals surface area contributed by atoms with Gasteiger partial charge in [-0.15, -0.1) is 0 Å². The number of benzene rings is 1. The number of ether oxygens (including phenoxy) is 2. The molecule has 0 radical (unpaired) electrons. The molecule has 2 fully saturated rings. The summed E-state index contributed by atoms with van der Waals surface area (Å²) in [6.07, 6.45) is 1.43. The molecule has 0 spiro atoms. The van der Waals surface area contributed by atoms with Crippen LogP contribution in [0.1, 0.15) is 40.2 Å². The fraction of sp³-hybridized carbons (Fsp3) is 0.500. The molecule has 0 aliphatic carbocycles. The van der Waals surface area contributed by atoms with Gasteiger partial charge in [-0.05, 0) is 51.0 Å². The van der Waals surface area contributed by atoms with Crippen molar-refractivity contribution in [3.63, 3.8) is 0 Å². The van der Waals surface area contributed by atoms with Crippen LogP contribution in [0.3, 0.4) is 0 Å². The van der Waals surface area contributed by atoms with Crippen LogP contribution < -0.4 is 4.74 Å². The Hall–Kier alpha value is -2.87. The van der Waals surface area contributed by atoms with Gasteiger partial charge in [0, 0.05) is 38.3 Å². The van der Waals surface area contributed by atoms with E-state index in [1.165, 1.54) is 0 Å². The zero-order valence-corrected chi connectivity index (χ0v) is 17.4. The molecule has 160 valence electrons. The highest BCUT2D eigenvalue weighted by atomic mass is 16.5. The van der Waals surface area contributed by atoms with Crippen LogP contribution >= 0.6 is 0 Å². The van der Waals surface area contributed by atoms with Crippen molar-refractivity contribution in [2.75, 3.05) is 32.8 Å². The quantitative estimate of drug-likeness (QED) is 0.748. The second kappa shape index (κ2) is 8.87. The molecule has 4 rings (SSSR count). The summed E-state index contributed by atoms with van der Waals surface area (Å²) in [5, 5.41) is 3.92. The number of hydrogen-bond acceptors (Lipinski definition) is 6. The van der Waals surface area contributed by atoms with Gasteiger partial charge in [0.1, 0.15) is 24.2 Å². The van der Waals surface area contributed by atoms with Gasteiger partial charge in [0.15, 0.2) is 0 Å². The maximum Gasteiger partial charge on any atom is 0.253 e. The number of carbonyl (C=O) groups is 2. The summed E-state index contributed by atoms with van der Waals surface area (Å²) in [7, 11) is 0. The van der Waals surface area contributed by atoms with Gasteiger partial charge < -0.3 is 23.8 Å². The van der Waals surface area contributed by atoms with E-state index in [1.807, 2.05) is 18.7 Å². The third-order valence-electron chi connectivity index (χ3n) is 5.75. The highest BCUT2D eigenvalue weighted by Crippen LogP contribution is 2.20.